The molecule has 0 unspecified atom stereocenters. The van der Waals surface area contributed by atoms with Gasteiger partial charge in [-0.3, -0.25) is 9.59 Å². The molecule has 2 heterocycles. The van der Waals surface area contributed by atoms with Crippen LogP contribution in [-0.2, 0) is 14.8 Å². The molecule has 11 heteroatoms. The van der Waals surface area contributed by atoms with E-state index in [1.54, 1.807) is 5.38 Å². The van der Waals surface area contributed by atoms with E-state index in [2.05, 4.69) is 10.6 Å². The fraction of sp³-hybridized carbons (Fsp3) is 0.375. The Morgan fingerprint density at radius 1 is 1.20 bits per heavy atom. The molecule has 0 fully saturated rings. The highest BCUT2D eigenvalue weighted by atomic mass is 32.2. The van der Waals surface area contributed by atoms with Crippen LogP contribution in [-0.4, -0.2) is 50.7 Å². The number of nitrogens with zero attached hydrogens (tertiary/aromatic N) is 2. The zero-order valence-corrected chi connectivity index (χ0v) is 22.2. The maximum Gasteiger partial charge on any atom is 0.262 e. The van der Waals surface area contributed by atoms with Gasteiger partial charge in [-0.1, -0.05) is 32.0 Å². The lowest BCUT2D eigenvalue weighted by Crippen LogP contribution is -2.47. The Labute approximate surface area is 213 Å². The van der Waals surface area contributed by atoms with Gasteiger partial charge in [0.15, 0.2) is 4.21 Å². The van der Waals surface area contributed by atoms with Gasteiger partial charge in [0.1, 0.15) is 12.1 Å². The van der Waals surface area contributed by atoms with E-state index in [0.717, 1.165) is 21.4 Å². The van der Waals surface area contributed by atoms with Crippen molar-refractivity contribution in [1.29, 1.82) is 5.26 Å². The summed E-state index contributed by atoms with van der Waals surface area (Å²) in [6.07, 6.45) is 0.861. The van der Waals surface area contributed by atoms with E-state index in [-0.39, 0.29) is 40.6 Å². The molecule has 0 aliphatic heterocycles. The van der Waals surface area contributed by atoms with Gasteiger partial charge < -0.3 is 10.6 Å². The number of benzene rings is 1. The minimum absolute atomic E-state index is 0.0208. The van der Waals surface area contributed by atoms with Crippen LogP contribution in [0.1, 0.15) is 41.9 Å². The summed E-state index contributed by atoms with van der Waals surface area (Å²) in [4.78, 5) is 26.2. The van der Waals surface area contributed by atoms with E-state index >= 15 is 0 Å². The smallest absolute Gasteiger partial charge is 0.262 e. The number of carbonyl (C=O) groups is 2. The Kier molecular flexibility index (Phi) is 9.02. The zero-order chi connectivity index (χ0) is 25.6. The Bertz CT molecular complexity index is 1300. The quantitative estimate of drug-likeness (QED) is 0.364. The summed E-state index contributed by atoms with van der Waals surface area (Å²) >= 11 is 2.39. The number of nitriles is 1. The molecule has 186 valence electrons. The number of sulfonamides is 1. The van der Waals surface area contributed by atoms with Crippen LogP contribution in [0.4, 0.5) is 0 Å². The highest BCUT2D eigenvalue weighted by Gasteiger charge is 2.26. The lowest BCUT2D eigenvalue weighted by molar-refractivity contribution is -0.123. The maximum atomic E-state index is 12.8. The topological polar surface area (TPSA) is 119 Å². The summed E-state index contributed by atoms with van der Waals surface area (Å²) in [5.41, 5.74) is 0.126. The van der Waals surface area contributed by atoms with Crippen LogP contribution >= 0.6 is 22.7 Å². The first-order chi connectivity index (χ1) is 16.6. The number of amides is 2. The third kappa shape index (κ3) is 6.67. The molecule has 0 saturated carbocycles. The Morgan fingerprint density at radius 3 is 2.63 bits per heavy atom. The van der Waals surface area contributed by atoms with Gasteiger partial charge in [-0.25, -0.2) is 12.7 Å². The van der Waals surface area contributed by atoms with Gasteiger partial charge in [0.25, 0.3) is 15.9 Å². The Morgan fingerprint density at radius 2 is 1.94 bits per heavy atom. The summed E-state index contributed by atoms with van der Waals surface area (Å²) in [6, 6.07) is 12.2. The summed E-state index contributed by atoms with van der Waals surface area (Å²) in [7, 11) is -2.32. The predicted octanol–water partition coefficient (Wildman–Crippen LogP) is 3.81. The molecule has 0 spiro atoms. The van der Waals surface area contributed by atoms with Crippen molar-refractivity contribution >= 4 is 54.6 Å². The predicted molar refractivity (Wildman–Crippen MR) is 139 cm³/mol. The molecule has 3 rings (SSSR count). The van der Waals surface area contributed by atoms with E-state index < -0.39 is 16.1 Å². The first-order valence-corrected chi connectivity index (χ1v) is 14.3. The molecule has 0 aliphatic carbocycles. The molecule has 1 atom stereocenters. The summed E-state index contributed by atoms with van der Waals surface area (Å²) in [5.74, 6) is -0.407. The van der Waals surface area contributed by atoms with Crippen LogP contribution in [0.15, 0.2) is 46.0 Å². The van der Waals surface area contributed by atoms with Gasteiger partial charge in [-0.05, 0) is 47.7 Å². The fourth-order valence-electron chi connectivity index (χ4n) is 3.50. The van der Waals surface area contributed by atoms with Crippen molar-refractivity contribution in [3.8, 4) is 6.07 Å². The normalized spacial score (nSPS) is 12.6. The fourth-order valence-corrected chi connectivity index (χ4v) is 7.12. The van der Waals surface area contributed by atoms with Crippen LogP contribution in [0.2, 0.25) is 0 Å². The Balaban J connectivity index is 1.55. The molecule has 1 aromatic carbocycles. The van der Waals surface area contributed by atoms with Crippen molar-refractivity contribution in [3.63, 3.8) is 0 Å². The molecule has 2 N–H and O–H groups in total. The third-order valence-corrected chi connectivity index (χ3v) is 9.76. The minimum Gasteiger partial charge on any atom is -0.354 e. The van der Waals surface area contributed by atoms with Crippen LogP contribution in [0.3, 0.4) is 0 Å². The third-order valence-electron chi connectivity index (χ3n) is 5.32. The highest BCUT2D eigenvalue weighted by molar-refractivity contribution is 7.91. The van der Waals surface area contributed by atoms with E-state index in [1.807, 2.05) is 50.2 Å². The maximum absolute atomic E-state index is 12.8. The monoisotopic (exact) mass is 532 g/mol. The van der Waals surface area contributed by atoms with Crippen molar-refractivity contribution in [1.82, 2.24) is 14.9 Å². The van der Waals surface area contributed by atoms with Gasteiger partial charge in [0.05, 0.1) is 10.4 Å². The molecule has 0 bridgehead atoms. The lowest BCUT2D eigenvalue weighted by Gasteiger charge is -2.20. The van der Waals surface area contributed by atoms with Gasteiger partial charge in [-0.2, -0.15) is 5.26 Å². The molecule has 2 amide bonds. The first-order valence-electron chi connectivity index (χ1n) is 11.1. The standard InChI is InChI=1S/C24H28N4O4S3/c1-16(2)13-19(27-23(30)21-14-17-7-4-5-8-20(17)34-21)22(29)26-10-6-11-28(3)35(31,32)24-18(15-25)9-12-33-24/h4-5,7-9,12,14,16,19H,6,10-11,13H2,1-3H3,(H,26,29)(H,27,30)/t19-/m0/s1. The molecular formula is C24H28N4O4S3. The van der Waals surface area contributed by atoms with Crippen molar-refractivity contribution in [2.75, 3.05) is 20.1 Å². The molecule has 2 aromatic heterocycles. The molecule has 8 nitrogen and oxygen atoms in total. The van der Waals surface area contributed by atoms with Gasteiger partial charge in [0, 0.05) is 24.8 Å². The average molecular weight is 533 g/mol. The number of nitrogens with one attached hydrogen (secondary N) is 2. The number of carbonyl (C=O) groups excluding carboxylic acids is 2. The summed E-state index contributed by atoms with van der Waals surface area (Å²) < 4.78 is 27.6. The van der Waals surface area contributed by atoms with Crippen molar-refractivity contribution in [2.24, 2.45) is 5.92 Å². The van der Waals surface area contributed by atoms with Crippen molar-refractivity contribution < 1.29 is 18.0 Å². The van der Waals surface area contributed by atoms with Crippen LogP contribution in [0, 0.1) is 17.2 Å². The number of thiophene rings is 2. The van der Waals surface area contributed by atoms with Crippen LogP contribution in [0.25, 0.3) is 10.1 Å². The second-order valence-electron chi connectivity index (χ2n) is 8.51. The molecular weight excluding hydrogens is 504 g/mol. The van der Waals surface area contributed by atoms with Gasteiger partial charge >= 0.3 is 0 Å². The lowest BCUT2D eigenvalue weighted by atomic mass is 10.0. The first kappa shape index (κ1) is 26.8. The van der Waals surface area contributed by atoms with Crippen molar-refractivity contribution in [3.05, 3.63) is 52.2 Å². The van der Waals surface area contributed by atoms with Gasteiger partial charge in [0.2, 0.25) is 5.91 Å². The second kappa shape index (κ2) is 11.8. The molecule has 3 aromatic rings. The molecule has 0 aliphatic rings. The van der Waals surface area contributed by atoms with E-state index in [0.29, 0.717) is 17.7 Å². The SMILES string of the molecule is CC(C)C[C@H](NC(=O)c1cc2ccccc2s1)C(=O)NCCCN(C)S(=O)(=O)c1sccc1C#N. The zero-order valence-electron chi connectivity index (χ0n) is 19.8. The largest absolute Gasteiger partial charge is 0.354 e. The number of rotatable bonds is 11. The molecule has 0 radical (unpaired) electrons. The van der Waals surface area contributed by atoms with E-state index in [1.165, 1.54) is 28.8 Å². The number of hydrogen-bond donors (Lipinski definition) is 2. The summed E-state index contributed by atoms with van der Waals surface area (Å²) in [5, 5.41) is 17.3. The molecule has 0 saturated heterocycles. The van der Waals surface area contributed by atoms with Gasteiger partial charge in [-0.15, -0.1) is 22.7 Å². The average Bonchev–Trinajstić information content (AvgIpc) is 3.48. The van der Waals surface area contributed by atoms with Crippen LogP contribution in [0.5, 0.6) is 0 Å². The summed E-state index contributed by atoms with van der Waals surface area (Å²) in [6.45, 7) is 4.38. The highest BCUT2D eigenvalue weighted by Crippen LogP contribution is 2.26. The number of hydrogen-bond acceptors (Lipinski definition) is 7. The second-order valence-corrected chi connectivity index (χ2v) is 12.7. The minimum atomic E-state index is -3.77. The van der Waals surface area contributed by atoms with E-state index in [9.17, 15) is 18.0 Å². The van der Waals surface area contributed by atoms with Crippen LogP contribution < -0.4 is 10.6 Å². The van der Waals surface area contributed by atoms with E-state index in [4.69, 9.17) is 5.26 Å². The molecule has 35 heavy (non-hydrogen) atoms. The number of fused-ring (bicyclic) bond motifs is 1. The van der Waals surface area contributed by atoms with Crippen molar-refractivity contribution in [2.45, 2.75) is 36.9 Å². The Hall–Kier alpha value is -2.78.